The fourth-order valence-corrected chi connectivity index (χ4v) is 10.9. The molecule has 0 bridgehead atoms. The largest absolute Gasteiger partial charge is 0.497 e. The molecule has 218 valence electrons. The van der Waals surface area contributed by atoms with Crippen LogP contribution in [0.4, 0.5) is 0 Å². The molecule has 6 rings (SSSR count). The number of benzene rings is 4. The maximum atomic E-state index is 14.0. The van der Waals surface area contributed by atoms with Crippen LogP contribution in [0.25, 0.3) is 21.9 Å². The van der Waals surface area contributed by atoms with Crippen LogP contribution in [0.15, 0.2) is 119 Å². The number of hydrogen-bond acceptors (Lipinski definition) is 5. The normalized spacial score (nSPS) is 15.0. The van der Waals surface area contributed by atoms with Crippen molar-refractivity contribution in [3.8, 4) is 16.9 Å². The van der Waals surface area contributed by atoms with Crippen LogP contribution < -0.4 is 20.7 Å². The molecule has 1 unspecified atom stereocenters. The first-order chi connectivity index (χ1) is 20.8. The van der Waals surface area contributed by atoms with Crippen LogP contribution in [0, 0.1) is 0 Å². The van der Waals surface area contributed by atoms with Crippen molar-refractivity contribution in [2.24, 2.45) is 5.16 Å². The van der Waals surface area contributed by atoms with Crippen molar-refractivity contribution < 1.29 is 14.0 Å². The van der Waals surface area contributed by atoms with Crippen LogP contribution >= 0.6 is 0 Å². The zero-order valence-electron chi connectivity index (χ0n) is 25.0. The van der Waals surface area contributed by atoms with E-state index in [4.69, 9.17) is 14.0 Å². The van der Waals surface area contributed by atoms with Crippen molar-refractivity contribution >= 4 is 35.7 Å². The number of ether oxygens (including phenoxy) is 1. The van der Waals surface area contributed by atoms with E-state index in [9.17, 15) is 4.79 Å². The third kappa shape index (κ3) is 5.19. The van der Waals surface area contributed by atoms with Gasteiger partial charge in [-0.2, -0.15) is 0 Å². The summed E-state index contributed by atoms with van der Waals surface area (Å²) in [5.41, 5.74) is 2.50. The van der Waals surface area contributed by atoms with Crippen molar-refractivity contribution in [2.45, 2.75) is 38.5 Å². The smallest absolute Gasteiger partial charge is 0.261 e. The van der Waals surface area contributed by atoms with Crippen molar-refractivity contribution in [1.29, 1.82) is 0 Å². The Bertz CT molecular complexity index is 1770. The molecule has 1 aliphatic heterocycles. The molecule has 0 fully saturated rings. The Labute approximate surface area is 253 Å². The molecule has 43 heavy (non-hydrogen) atoms. The first-order valence-corrected chi connectivity index (χ1v) is 16.5. The number of oxime groups is 1. The summed E-state index contributed by atoms with van der Waals surface area (Å²) in [4.78, 5) is 20.1. The molecule has 7 heteroatoms. The van der Waals surface area contributed by atoms with Gasteiger partial charge in [0.05, 0.1) is 32.2 Å². The predicted octanol–water partition coefficient (Wildman–Crippen LogP) is 5.99. The number of hydrogen-bond donors (Lipinski definition) is 0. The molecule has 4 aromatic carbocycles. The van der Waals surface area contributed by atoms with Crippen molar-refractivity contribution in [1.82, 2.24) is 4.57 Å². The van der Waals surface area contributed by atoms with Crippen LogP contribution in [0.5, 0.6) is 5.75 Å². The molecule has 0 N–H and O–H groups in total. The fraction of sp³-hybridized carbons (Fsp3) is 0.222. The molecular weight excluding hydrogens is 552 g/mol. The monoisotopic (exact) mass is 588 g/mol. The number of methoxy groups -OCH3 is 1. The molecule has 1 atom stereocenters. The summed E-state index contributed by atoms with van der Waals surface area (Å²) in [5.74, 6) is 0.687. The summed E-state index contributed by atoms with van der Waals surface area (Å²) in [5, 5.41) is 8.02. The molecule has 1 aromatic heterocycles. The quantitative estimate of drug-likeness (QED) is 0.219. The highest BCUT2D eigenvalue weighted by molar-refractivity contribution is 6.99. The second-order valence-corrected chi connectivity index (χ2v) is 16.2. The van der Waals surface area contributed by atoms with Gasteiger partial charge in [0.15, 0.2) is 6.10 Å². The Morgan fingerprint density at radius 1 is 0.860 bits per heavy atom. The Morgan fingerprint density at radius 2 is 1.47 bits per heavy atom. The minimum atomic E-state index is -2.81. The van der Waals surface area contributed by atoms with Gasteiger partial charge < -0.3 is 18.6 Å². The van der Waals surface area contributed by atoms with E-state index in [1.807, 2.05) is 60.7 Å². The lowest BCUT2D eigenvalue weighted by molar-refractivity contribution is 0.0140. The molecule has 0 aliphatic carbocycles. The Hall–Kier alpha value is -4.46. The fourth-order valence-electron chi connectivity index (χ4n) is 6.26. The SMILES string of the molecule is COc1ccc2c(=O)n3c(c(-c4ccccc4)c2c1)C=NOC(CO[Si](c1ccccc1)(c1ccccc1)C(C)(C)C)C3. The van der Waals surface area contributed by atoms with Gasteiger partial charge in [-0.1, -0.05) is 117 Å². The van der Waals surface area contributed by atoms with E-state index < -0.39 is 14.4 Å². The minimum absolute atomic E-state index is 0.0975. The van der Waals surface area contributed by atoms with Gasteiger partial charge in [0.25, 0.3) is 13.9 Å². The van der Waals surface area contributed by atoms with E-state index in [0.29, 0.717) is 23.4 Å². The number of aromatic nitrogens is 1. The number of nitrogens with zero attached hydrogens (tertiary/aromatic N) is 2. The molecule has 1 aliphatic rings. The van der Waals surface area contributed by atoms with Gasteiger partial charge in [-0.25, -0.2) is 0 Å². The summed E-state index contributed by atoms with van der Waals surface area (Å²) in [7, 11) is -1.18. The van der Waals surface area contributed by atoms with Gasteiger partial charge in [-0.05, 0) is 39.2 Å². The lowest BCUT2D eigenvalue weighted by atomic mass is 9.96. The molecule has 5 aromatic rings. The molecule has 0 saturated heterocycles. The molecule has 0 spiro atoms. The Morgan fingerprint density at radius 3 is 2.05 bits per heavy atom. The summed E-state index contributed by atoms with van der Waals surface area (Å²) >= 11 is 0. The topological polar surface area (TPSA) is 62.1 Å². The average Bonchev–Trinajstić information content (AvgIpc) is 3.25. The lowest BCUT2D eigenvalue weighted by Crippen LogP contribution is -2.67. The van der Waals surface area contributed by atoms with Gasteiger partial charge in [0.1, 0.15) is 5.75 Å². The van der Waals surface area contributed by atoms with Crippen LogP contribution in [0.2, 0.25) is 5.04 Å². The first-order valence-electron chi connectivity index (χ1n) is 14.6. The van der Waals surface area contributed by atoms with Crippen molar-refractivity contribution in [2.75, 3.05) is 13.7 Å². The molecule has 0 saturated carbocycles. The van der Waals surface area contributed by atoms with Crippen LogP contribution in [-0.2, 0) is 15.8 Å². The van der Waals surface area contributed by atoms with Gasteiger partial charge in [-0.3, -0.25) is 4.79 Å². The second kappa shape index (κ2) is 11.7. The van der Waals surface area contributed by atoms with Gasteiger partial charge in [0, 0.05) is 16.3 Å². The zero-order chi connectivity index (χ0) is 30.0. The van der Waals surface area contributed by atoms with Crippen LogP contribution in [0.3, 0.4) is 0 Å². The van der Waals surface area contributed by atoms with E-state index in [2.05, 4.69) is 74.5 Å². The van der Waals surface area contributed by atoms with Gasteiger partial charge >= 0.3 is 0 Å². The average molecular weight is 589 g/mol. The maximum absolute atomic E-state index is 14.0. The van der Waals surface area contributed by atoms with Gasteiger partial charge in [-0.15, -0.1) is 0 Å². The highest BCUT2D eigenvalue weighted by atomic mass is 28.4. The summed E-state index contributed by atoms with van der Waals surface area (Å²) in [6, 6.07) is 36.7. The standard InChI is InChI=1S/C36H36N2O4Si/c1-36(2,3)43(29-16-10-6-11-17-29,30-18-12-7-13-19-30)41-25-28-24-38-33(23-37-42-28)34(26-14-8-5-9-15-26)32-22-27(40-4)20-21-31(32)35(38)39/h5-23,28H,24-25H2,1-4H3. The van der Waals surface area contributed by atoms with Gasteiger partial charge in [0.2, 0.25) is 0 Å². The lowest BCUT2D eigenvalue weighted by Gasteiger charge is -2.43. The first kappa shape index (κ1) is 28.6. The molecule has 2 heterocycles. The van der Waals surface area contributed by atoms with E-state index in [0.717, 1.165) is 16.5 Å². The zero-order valence-corrected chi connectivity index (χ0v) is 26.0. The number of pyridine rings is 1. The highest BCUT2D eigenvalue weighted by Gasteiger charge is 2.50. The van der Waals surface area contributed by atoms with E-state index >= 15 is 0 Å². The molecule has 0 radical (unpaired) electrons. The molecule has 6 nitrogen and oxygen atoms in total. The van der Waals surface area contributed by atoms with E-state index in [-0.39, 0.29) is 17.2 Å². The summed E-state index contributed by atoms with van der Waals surface area (Å²) < 4.78 is 14.5. The molecular formula is C36H36N2O4Si. The van der Waals surface area contributed by atoms with E-state index in [1.165, 1.54) is 10.4 Å². The minimum Gasteiger partial charge on any atom is -0.497 e. The van der Waals surface area contributed by atoms with Crippen LogP contribution in [-0.4, -0.2) is 38.9 Å². The van der Waals surface area contributed by atoms with E-state index in [1.54, 1.807) is 17.9 Å². The second-order valence-electron chi connectivity index (χ2n) is 11.9. The third-order valence-electron chi connectivity index (χ3n) is 8.25. The van der Waals surface area contributed by atoms with Crippen molar-refractivity contribution in [3.63, 3.8) is 0 Å². The predicted molar refractivity (Wildman–Crippen MR) is 176 cm³/mol. The Balaban J connectivity index is 1.44. The number of rotatable bonds is 7. The molecule has 0 amide bonds. The van der Waals surface area contributed by atoms with Crippen LogP contribution in [0.1, 0.15) is 26.5 Å². The maximum Gasteiger partial charge on any atom is 0.261 e. The van der Waals surface area contributed by atoms with Crippen molar-refractivity contribution in [3.05, 3.63) is 125 Å². The number of fused-ring (bicyclic) bond motifs is 2. The highest BCUT2D eigenvalue weighted by Crippen LogP contribution is 2.37. The third-order valence-corrected chi connectivity index (χ3v) is 13.3. The summed E-state index contributed by atoms with van der Waals surface area (Å²) in [6.45, 7) is 7.32. The Kier molecular flexibility index (Phi) is 7.77. The summed E-state index contributed by atoms with van der Waals surface area (Å²) in [6.07, 6.45) is 1.18.